The fourth-order valence-electron chi connectivity index (χ4n) is 3.27. The van der Waals surface area contributed by atoms with E-state index < -0.39 is 10.0 Å². The van der Waals surface area contributed by atoms with Crippen molar-refractivity contribution in [2.75, 3.05) is 7.05 Å². The number of sulfonamides is 1. The molecule has 32 heavy (non-hydrogen) atoms. The van der Waals surface area contributed by atoms with E-state index in [1.54, 1.807) is 36.9 Å². The molecule has 3 rings (SSSR count). The maximum atomic E-state index is 13.2. The highest BCUT2D eigenvalue weighted by molar-refractivity contribution is 7.89. The lowest BCUT2D eigenvalue weighted by Crippen LogP contribution is -2.33. The van der Waals surface area contributed by atoms with Gasteiger partial charge in [-0.2, -0.15) is 9.40 Å². The molecule has 0 saturated carbocycles. The molecule has 1 N–H and O–H groups in total. The van der Waals surface area contributed by atoms with Crippen LogP contribution in [0.4, 0.5) is 4.39 Å². The van der Waals surface area contributed by atoms with Crippen molar-refractivity contribution >= 4 is 15.9 Å². The Balaban J connectivity index is 1.74. The van der Waals surface area contributed by atoms with Gasteiger partial charge in [-0.3, -0.25) is 4.79 Å². The standard InChI is InChI=1S/C23H27FN4O3S/c1-15(2)27(5)32(30,31)21-12-6-18(7-13-21)23(29)26-16(3)22-14-25-28(17(22)4)20-10-8-19(24)9-11-20/h6-16H,1-5H3,(H,26,29). The van der Waals surface area contributed by atoms with Crippen molar-refractivity contribution in [1.29, 1.82) is 0 Å². The van der Waals surface area contributed by atoms with Gasteiger partial charge in [-0.15, -0.1) is 0 Å². The molecule has 0 aliphatic heterocycles. The van der Waals surface area contributed by atoms with Gasteiger partial charge in [0.05, 0.1) is 22.8 Å². The number of benzene rings is 2. The van der Waals surface area contributed by atoms with E-state index >= 15 is 0 Å². The molecule has 0 saturated heterocycles. The summed E-state index contributed by atoms with van der Waals surface area (Å²) in [6.07, 6.45) is 1.67. The van der Waals surface area contributed by atoms with Crippen molar-refractivity contribution in [2.45, 2.75) is 44.7 Å². The number of nitrogens with zero attached hydrogens (tertiary/aromatic N) is 3. The lowest BCUT2D eigenvalue weighted by atomic mass is 10.1. The molecule has 1 aromatic heterocycles. The number of hydrogen-bond donors (Lipinski definition) is 1. The first kappa shape index (κ1) is 23.6. The molecule has 0 fully saturated rings. The summed E-state index contributed by atoms with van der Waals surface area (Å²) in [5, 5.41) is 7.27. The van der Waals surface area contributed by atoms with Gasteiger partial charge >= 0.3 is 0 Å². The van der Waals surface area contributed by atoms with Crippen molar-refractivity contribution in [3.63, 3.8) is 0 Å². The number of hydrogen-bond acceptors (Lipinski definition) is 4. The van der Waals surface area contributed by atoms with Gasteiger partial charge in [0, 0.05) is 29.9 Å². The second-order valence-corrected chi connectivity index (χ2v) is 9.91. The molecule has 170 valence electrons. The Labute approximate surface area is 187 Å². The number of carbonyl (C=O) groups excluding carboxylic acids is 1. The van der Waals surface area contributed by atoms with Crippen molar-refractivity contribution in [2.24, 2.45) is 0 Å². The van der Waals surface area contributed by atoms with E-state index in [0.29, 0.717) is 5.56 Å². The van der Waals surface area contributed by atoms with Gasteiger partial charge in [0.15, 0.2) is 0 Å². The van der Waals surface area contributed by atoms with Crippen LogP contribution in [0.2, 0.25) is 0 Å². The number of aromatic nitrogens is 2. The second kappa shape index (κ2) is 9.22. The van der Waals surface area contributed by atoms with Crippen LogP contribution >= 0.6 is 0 Å². The molecular weight excluding hydrogens is 431 g/mol. The van der Waals surface area contributed by atoms with Gasteiger partial charge in [0.1, 0.15) is 5.82 Å². The summed E-state index contributed by atoms with van der Waals surface area (Å²) in [5.41, 5.74) is 2.71. The van der Waals surface area contributed by atoms with Crippen molar-refractivity contribution in [1.82, 2.24) is 19.4 Å². The topological polar surface area (TPSA) is 84.3 Å². The maximum absolute atomic E-state index is 13.2. The predicted molar refractivity (Wildman–Crippen MR) is 121 cm³/mol. The average Bonchev–Trinajstić information content (AvgIpc) is 3.15. The largest absolute Gasteiger partial charge is 0.345 e. The second-order valence-electron chi connectivity index (χ2n) is 7.91. The highest BCUT2D eigenvalue weighted by Crippen LogP contribution is 2.22. The van der Waals surface area contributed by atoms with Crippen LogP contribution in [0.5, 0.6) is 0 Å². The number of nitrogens with one attached hydrogen (secondary N) is 1. The van der Waals surface area contributed by atoms with Crippen molar-refractivity contribution in [3.8, 4) is 5.69 Å². The van der Waals surface area contributed by atoms with Crippen molar-refractivity contribution < 1.29 is 17.6 Å². The summed E-state index contributed by atoms with van der Waals surface area (Å²) < 4.78 is 41.3. The minimum atomic E-state index is -3.61. The first-order valence-electron chi connectivity index (χ1n) is 10.2. The highest BCUT2D eigenvalue weighted by Gasteiger charge is 2.23. The molecule has 0 bridgehead atoms. The van der Waals surface area contributed by atoms with Gasteiger partial charge < -0.3 is 5.32 Å². The van der Waals surface area contributed by atoms with Crippen LogP contribution < -0.4 is 5.32 Å². The fraction of sp³-hybridized carbons (Fsp3) is 0.304. The van der Waals surface area contributed by atoms with Gasteiger partial charge in [-0.1, -0.05) is 0 Å². The first-order chi connectivity index (χ1) is 15.0. The third kappa shape index (κ3) is 4.73. The smallest absolute Gasteiger partial charge is 0.251 e. The first-order valence-corrected chi connectivity index (χ1v) is 11.7. The summed E-state index contributed by atoms with van der Waals surface area (Å²) in [6, 6.07) is 11.3. The fourth-order valence-corrected chi connectivity index (χ4v) is 4.64. The average molecular weight is 459 g/mol. The van der Waals surface area contributed by atoms with E-state index in [1.807, 2.05) is 13.8 Å². The Bertz CT molecular complexity index is 1200. The quantitative estimate of drug-likeness (QED) is 0.583. The molecule has 1 atom stereocenters. The normalized spacial score (nSPS) is 12.9. The summed E-state index contributed by atoms with van der Waals surface area (Å²) in [6.45, 7) is 7.30. The van der Waals surface area contributed by atoms with Crippen LogP contribution in [0.25, 0.3) is 5.69 Å². The van der Waals surface area contributed by atoms with Crippen LogP contribution in [-0.2, 0) is 10.0 Å². The molecule has 1 amide bonds. The summed E-state index contributed by atoms with van der Waals surface area (Å²) in [5.74, 6) is -0.651. The number of amides is 1. The monoisotopic (exact) mass is 458 g/mol. The van der Waals surface area contributed by atoms with Crippen LogP contribution in [-0.4, -0.2) is 41.5 Å². The molecule has 0 spiro atoms. The van der Waals surface area contributed by atoms with Gasteiger partial charge in [-0.05, 0) is 76.2 Å². The van der Waals surface area contributed by atoms with E-state index in [-0.39, 0.29) is 28.7 Å². The van der Waals surface area contributed by atoms with Gasteiger partial charge in [0.2, 0.25) is 10.0 Å². The van der Waals surface area contributed by atoms with E-state index in [2.05, 4.69) is 10.4 Å². The number of carbonyl (C=O) groups is 1. The Hall–Kier alpha value is -3.04. The highest BCUT2D eigenvalue weighted by atomic mass is 32.2. The minimum absolute atomic E-state index is 0.134. The SMILES string of the molecule is Cc1c(C(C)NC(=O)c2ccc(S(=O)(=O)N(C)C(C)C)cc2)cnn1-c1ccc(F)cc1. The third-order valence-corrected chi connectivity index (χ3v) is 7.50. The minimum Gasteiger partial charge on any atom is -0.345 e. The molecule has 7 nitrogen and oxygen atoms in total. The number of rotatable bonds is 7. The lowest BCUT2D eigenvalue weighted by Gasteiger charge is -2.21. The van der Waals surface area contributed by atoms with E-state index in [0.717, 1.165) is 16.9 Å². The molecular formula is C23H27FN4O3S. The van der Waals surface area contributed by atoms with Crippen LogP contribution in [0.3, 0.4) is 0 Å². The molecule has 2 aromatic carbocycles. The molecule has 0 aliphatic carbocycles. The van der Waals surface area contributed by atoms with Crippen LogP contribution in [0.15, 0.2) is 59.6 Å². The molecule has 1 unspecified atom stereocenters. The van der Waals surface area contributed by atoms with Crippen molar-refractivity contribution in [3.05, 3.63) is 77.4 Å². The molecule has 0 radical (unpaired) electrons. The maximum Gasteiger partial charge on any atom is 0.251 e. The lowest BCUT2D eigenvalue weighted by molar-refractivity contribution is 0.0939. The zero-order chi connectivity index (χ0) is 23.6. The zero-order valence-electron chi connectivity index (χ0n) is 18.7. The molecule has 0 aliphatic rings. The van der Waals surface area contributed by atoms with Gasteiger partial charge in [-0.25, -0.2) is 17.5 Å². The van der Waals surface area contributed by atoms with E-state index in [4.69, 9.17) is 0 Å². The van der Waals surface area contributed by atoms with E-state index in [1.165, 1.54) is 47.8 Å². The molecule has 1 heterocycles. The van der Waals surface area contributed by atoms with Gasteiger partial charge in [0.25, 0.3) is 5.91 Å². The third-order valence-electron chi connectivity index (χ3n) is 5.45. The molecule has 3 aromatic rings. The number of halogens is 1. The van der Waals surface area contributed by atoms with Crippen LogP contribution in [0, 0.1) is 12.7 Å². The summed E-state index contributed by atoms with van der Waals surface area (Å²) in [4.78, 5) is 12.9. The summed E-state index contributed by atoms with van der Waals surface area (Å²) in [7, 11) is -2.09. The summed E-state index contributed by atoms with van der Waals surface area (Å²) >= 11 is 0. The molecule has 9 heteroatoms. The Morgan fingerprint density at radius 1 is 1.06 bits per heavy atom. The Kier molecular flexibility index (Phi) is 6.80. The Morgan fingerprint density at radius 2 is 1.66 bits per heavy atom. The zero-order valence-corrected chi connectivity index (χ0v) is 19.5. The predicted octanol–water partition coefficient (Wildman–Crippen LogP) is 3.84. The van der Waals surface area contributed by atoms with E-state index in [9.17, 15) is 17.6 Å². The Morgan fingerprint density at radius 3 is 2.22 bits per heavy atom. The van der Waals surface area contributed by atoms with Crippen LogP contribution in [0.1, 0.15) is 48.4 Å².